The van der Waals surface area contributed by atoms with E-state index in [4.69, 9.17) is 11.5 Å². The molecule has 0 aromatic carbocycles. The van der Waals surface area contributed by atoms with Crippen LogP contribution < -0.4 is 16.4 Å². The van der Waals surface area contributed by atoms with Crippen LogP contribution in [0.3, 0.4) is 0 Å². The number of hydrogen-bond donors (Lipinski definition) is 2. The molecule has 110 valence electrons. The molecule has 1 fully saturated rings. The number of aromatic nitrogens is 1. The van der Waals surface area contributed by atoms with Crippen molar-refractivity contribution in [3.63, 3.8) is 0 Å². The van der Waals surface area contributed by atoms with Crippen LogP contribution in [0.4, 0.5) is 11.5 Å². The zero-order chi connectivity index (χ0) is 14.7. The van der Waals surface area contributed by atoms with E-state index in [0.717, 1.165) is 19.6 Å². The number of carbonyl (C=O) groups is 1. The Morgan fingerprint density at radius 2 is 2.30 bits per heavy atom. The number of nitrogens with two attached hydrogens (primary N) is 2. The lowest BCUT2D eigenvalue weighted by molar-refractivity contribution is 0.0995. The number of nitrogen functional groups attached to an aromatic ring is 1. The third kappa shape index (κ3) is 3.01. The largest absolute Gasteiger partial charge is 0.396 e. The average molecular weight is 277 g/mol. The van der Waals surface area contributed by atoms with E-state index >= 15 is 0 Å². The highest BCUT2D eigenvalue weighted by molar-refractivity contribution is 5.91. The van der Waals surface area contributed by atoms with E-state index in [1.165, 1.54) is 12.8 Å². The van der Waals surface area contributed by atoms with Gasteiger partial charge in [-0.3, -0.25) is 9.69 Å². The summed E-state index contributed by atoms with van der Waals surface area (Å²) < 4.78 is 0. The van der Waals surface area contributed by atoms with Crippen molar-refractivity contribution in [2.45, 2.75) is 25.8 Å². The average Bonchev–Trinajstić information content (AvgIpc) is 2.86. The van der Waals surface area contributed by atoms with Crippen LogP contribution in [0.15, 0.2) is 12.1 Å². The summed E-state index contributed by atoms with van der Waals surface area (Å²) in [4.78, 5) is 20.0. The zero-order valence-electron chi connectivity index (χ0n) is 12.2. The van der Waals surface area contributed by atoms with Crippen molar-refractivity contribution in [2.75, 3.05) is 37.3 Å². The van der Waals surface area contributed by atoms with Crippen LogP contribution in [0.2, 0.25) is 0 Å². The van der Waals surface area contributed by atoms with Crippen molar-refractivity contribution >= 4 is 17.4 Å². The first kappa shape index (κ1) is 14.6. The molecular weight excluding hydrogens is 254 g/mol. The van der Waals surface area contributed by atoms with Crippen molar-refractivity contribution in [1.29, 1.82) is 0 Å². The predicted octanol–water partition coefficient (Wildman–Crippen LogP) is 0.683. The third-order valence-electron chi connectivity index (χ3n) is 3.91. The molecule has 2 rings (SSSR count). The van der Waals surface area contributed by atoms with E-state index in [9.17, 15) is 4.79 Å². The highest BCUT2D eigenvalue weighted by Crippen LogP contribution is 2.23. The molecule has 0 radical (unpaired) electrons. The summed E-state index contributed by atoms with van der Waals surface area (Å²) in [6, 6.07) is 3.76. The highest BCUT2D eigenvalue weighted by atomic mass is 16.1. The smallest absolute Gasteiger partial charge is 0.267 e. The number of pyridine rings is 1. The van der Waals surface area contributed by atoms with Gasteiger partial charge in [-0.05, 0) is 38.1 Å². The minimum atomic E-state index is -0.532. The number of carbonyl (C=O) groups excluding carboxylic acids is 1. The summed E-state index contributed by atoms with van der Waals surface area (Å²) >= 11 is 0. The molecule has 1 aromatic heterocycles. The fourth-order valence-corrected chi connectivity index (χ4v) is 2.82. The second kappa shape index (κ2) is 6.09. The number of anilines is 2. The van der Waals surface area contributed by atoms with Gasteiger partial charge in [0.25, 0.3) is 5.91 Å². The molecule has 0 spiro atoms. The first-order chi connectivity index (χ1) is 9.52. The molecule has 1 unspecified atom stereocenters. The molecule has 1 atom stereocenters. The molecule has 0 aliphatic carbocycles. The summed E-state index contributed by atoms with van der Waals surface area (Å²) in [6.07, 6.45) is 2.42. The lowest BCUT2D eigenvalue weighted by Crippen LogP contribution is -2.39. The topological polar surface area (TPSA) is 88.5 Å². The SMILES string of the molecule is CCN1CCCC1CN(C)c1nc(C(N)=O)ccc1N. The lowest BCUT2D eigenvalue weighted by atomic mass is 10.2. The Labute approximate surface area is 119 Å². The van der Waals surface area contributed by atoms with Gasteiger partial charge in [0, 0.05) is 19.6 Å². The monoisotopic (exact) mass is 277 g/mol. The van der Waals surface area contributed by atoms with Gasteiger partial charge in [-0.15, -0.1) is 0 Å². The molecule has 1 aliphatic rings. The van der Waals surface area contributed by atoms with Gasteiger partial charge in [-0.1, -0.05) is 6.92 Å². The van der Waals surface area contributed by atoms with E-state index in [1.807, 2.05) is 11.9 Å². The summed E-state index contributed by atoms with van der Waals surface area (Å²) in [5.41, 5.74) is 12.1. The molecule has 6 heteroatoms. The molecule has 1 aromatic rings. The van der Waals surface area contributed by atoms with Crippen LogP contribution in [-0.2, 0) is 0 Å². The number of amides is 1. The first-order valence-corrected chi connectivity index (χ1v) is 7.04. The maximum Gasteiger partial charge on any atom is 0.267 e. The van der Waals surface area contributed by atoms with E-state index < -0.39 is 5.91 Å². The van der Waals surface area contributed by atoms with Crippen LogP contribution in [-0.4, -0.2) is 48.5 Å². The van der Waals surface area contributed by atoms with Crippen molar-refractivity contribution in [3.05, 3.63) is 17.8 Å². The van der Waals surface area contributed by atoms with Gasteiger partial charge < -0.3 is 16.4 Å². The molecule has 2 heterocycles. The Morgan fingerprint density at radius 3 is 2.95 bits per heavy atom. The summed E-state index contributed by atoms with van der Waals surface area (Å²) in [5.74, 6) is 0.0972. The van der Waals surface area contributed by atoms with Crippen molar-refractivity contribution in [3.8, 4) is 0 Å². The number of likely N-dealkylation sites (tertiary alicyclic amines) is 1. The lowest BCUT2D eigenvalue weighted by Gasteiger charge is -2.29. The number of primary amides is 1. The van der Waals surface area contributed by atoms with Gasteiger partial charge in [0.1, 0.15) is 5.69 Å². The van der Waals surface area contributed by atoms with Crippen molar-refractivity contribution in [1.82, 2.24) is 9.88 Å². The zero-order valence-corrected chi connectivity index (χ0v) is 12.2. The molecule has 0 bridgehead atoms. The number of nitrogens with zero attached hydrogens (tertiary/aromatic N) is 3. The molecule has 1 saturated heterocycles. The van der Waals surface area contributed by atoms with Gasteiger partial charge in [-0.25, -0.2) is 4.98 Å². The van der Waals surface area contributed by atoms with Crippen LogP contribution in [0.25, 0.3) is 0 Å². The Balaban J connectivity index is 2.14. The fourth-order valence-electron chi connectivity index (χ4n) is 2.82. The maximum absolute atomic E-state index is 11.2. The Kier molecular flexibility index (Phi) is 4.44. The van der Waals surface area contributed by atoms with Crippen molar-refractivity contribution < 1.29 is 4.79 Å². The minimum absolute atomic E-state index is 0.250. The van der Waals surface area contributed by atoms with E-state index in [0.29, 0.717) is 17.5 Å². The summed E-state index contributed by atoms with van der Waals surface area (Å²) in [5, 5.41) is 0. The summed E-state index contributed by atoms with van der Waals surface area (Å²) in [7, 11) is 1.95. The highest BCUT2D eigenvalue weighted by Gasteiger charge is 2.25. The first-order valence-electron chi connectivity index (χ1n) is 7.04. The normalized spacial score (nSPS) is 19.2. The van der Waals surface area contributed by atoms with E-state index in [2.05, 4.69) is 16.8 Å². The van der Waals surface area contributed by atoms with Gasteiger partial charge in [-0.2, -0.15) is 0 Å². The van der Waals surface area contributed by atoms with Gasteiger partial charge in [0.05, 0.1) is 5.69 Å². The van der Waals surface area contributed by atoms with Crippen LogP contribution in [0.1, 0.15) is 30.3 Å². The van der Waals surface area contributed by atoms with Gasteiger partial charge in [0.15, 0.2) is 5.82 Å². The van der Waals surface area contributed by atoms with Crippen molar-refractivity contribution in [2.24, 2.45) is 5.73 Å². The van der Waals surface area contributed by atoms with Crippen LogP contribution in [0.5, 0.6) is 0 Å². The van der Waals surface area contributed by atoms with E-state index in [1.54, 1.807) is 12.1 Å². The van der Waals surface area contributed by atoms with Crippen LogP contribution >= 0.6 is 0 Å². The Hall–Kier alpha value is -1.82. The second-order valence-corrected chi connectivity index (χ2v) is 5.28. The maximum atomic E-state index is 11.2. The predicted molar refractivity (Wildman–Crippen MR) is 80.7 cm³/mol. The molecule has 1 aliphatic heterocycles. The molecule has 6 nitrogen and oxygen atoms in total. The quantitative estimate of drug-likeness (QED) is 0.826. The van der Waals surface area contributed by atoms with Crippen LogP contribution in [0, 0.1) is 0 Å². The second-order valence-electron chi connectivity index (χ2n) is 5.28. The Bertz CT molecular complexity index is 490. The fraction of sp³-hybridized carbons (Fsp3) is 0.571. The minimum Gasteiger partial charge on any atom is -0.396 e. The van der Waals surface area contributed by atoms with Gasteiger partial charge >= 0.3 is 0 Å². The molecular formula is C14H23N5O. The third-order valence-corrected chi connectivity index (χ3v) is 3.91. The standard InChI is InChI=1S/C14H23N5O/c1-3-19-8-4-5-10(19)9-18(2)14-11(15)6-7-12(17-14)13(16)20/h6-7,10H,3-5,8-9,15H2,1-2H3,(H2,16,20). The van der Waals surface area contributed by atoms with Gasteiger partial charge in [0.2, 0.25) is 0 Å². The number of rotatable bonds is 5. The Morgan fingerprint density at radius 1 is 1.55 bits per heavy atom. The molecule has 1 amide bonds. The number of hydrogen-bond acceptors (Lipinski definition) is 5. The number of likely N-dealkylation sites (N-methyl/N-ethyl adjacent to an activating group) is 2. The molecule has 0 saturated carbocycles. The summed E-state index contributed by atoms with van der Waals surface area (Å²) in [6.45, 7) is 5.24. The van der Waals surface area contributed by atoms with E-state index in [-0.39, 0.29) is 5.69 Å². The molecule has 20 heavy (non-hydrogen) atoms. The molecule has 4 N–H and O–H groups in total.